The molecule has 5 nitrogen and oxygen atoms in total. The average Bonchev–Trinajstić information content (AvgIpc) is 3.52. The van der Waals surface area contributed by atoms with Gasteiger partial charge in [-0.2, -0.15) is 0 Å². The lowest BCUT2D eigenvalue weighted by Gasteiger charge is -2.35. The van der Waals surface area contributed by atoms with Crippen LogP contribution in [0.2, 0.25) is 0 Å². The van der Waals surface area contributed by atoms with Crippen molar-refractivity contribution in [1.29, 1.82) is 0 Å². The summed E-state index contributed by atoms with van der Waals surface area (Å²) < 4.78 is 11.3. The smallest absolute Gasteiger partial charge is 0.306 e. The second kappa shape index (κ2) is 8.44. The van der Waals surface area contributed by atoms with Crippen LogP contribution < -0.4 is 9.47 Å². The third kappa shape index (κ3) is 4.55. The first-order valence-electron chi connectivity index (χ1n) is 10.5. The molecular weight excluding hydrogens is 366 g/mol. The third-order valence-corrected chi connectivity index (χ3v) is 6.46. The molecule has 0 amide bonds. The van der Waals surface area contributed by atoms with Crippen LogP contribution in [0.15, 0.2) is 42.6 Å². The molecule has 2 atom stereocenters. The van der Waals surface area contributed by atoms with E-state index < -0.39 is 5.97 Å². The van der Waals surface area contributed by atoms with Crippen molar-refractivity contribution in [1.82, 2.24) is 4.98 Å². The Morgan fingerprint density at radius 3 is 2.72 bits per heavy atom. The maximum absolute atomic E-state index is 11.5. The predicted octanol–water partition coefficient (Wildman–Crippen LogP) is 4.88. The fraction of sp³-hybridized carbons (Fsp3) is 0.500. The summed E-state index contributed by atoms with van der Waals surface area (Å²) in [6.45, 7) is 2.52. The number of nitrogens with zero attached hydrogens (tertiary/aromatic N) is 1. The largest absolute Gasteiger partial charge is 0.493 e. The molecule has 1 aromatic heterocycles. The van der Waals surface area contributed by atoms with Crippen molar-refractivity contribution in [2.75, 3.05) is 13.7 Å². The second-order valence-electron chi connectivity index (χ2n) is 8.54. The summed E-state index contributed by atoms with van der Waals surface area (Å²) in [4.78, 5) is 15.7. The first kappa shape index (κ1) is 19.7. The lowest BCUT2D eigenvalue weighted by molar-refractivity contribution is -0.142. The van der Waals surface area contributed by atoms with Gasteiger partial charge in [-0.05, 0) is 78.7 Å². The number of hydrogen-bond donors (Lipinski definition) is 1. The van der Waals surface area contributed by atoms with Crippen molar-refractivity contribution in [2.24, 2.45) is 17.8 Å². The number of methoxy groups -OCH3 is 1. The molecule has 0 bridgehead atoms. The zero-order chi connectivity index (χ0) is 20.4. The van der Waals surface area contributed by atoms with Gasteiger partial charge >= 0.3 is 5.97 Å². The normalized spacial score (nSPS) is 23.0. The van der Waals surface area contributed by atoms with Crippen LogP contribution in [0, 0.1) is 17.8 Å². The number of aromatic nitrogens is 1. The summed E-state index contributed by atoms with van der Waals surface area (Å²) in [5.74, 6) is 2.07. The Labute approximate surface area is 172 Å². The van der Waals surface area contributed by atoms with Gasteiger partial charge in [0.1, 0.15) is 5.75 Å². The van der Waals surface area contributed by atoms with Gasteiger partial charge in [0.05, 0.1) is 19.6 Å². The van der Waals surface area contributed by atoms with E-state index in [0.29, 0.717) is 30.2 Å². The summed E-state index contributed by atoms with van der Waals surface area (Å²) in [5, 5.41) is 9.48. The van der Waals surface area contributed by atoms with Crippen LogP contribution in [0.5, 0.6) is 11.6 Å². The van der Waals surface area contributed by atoms with Crippen molar-refractivity contribution in [3.05, 3.63) is 53.7 Å². The highest BCUT2D eigenvalue weighted by atomic mass is 16.5. The molecule has 1 N–H and O–H groups in total. The highest BCUT2D eigenvalue weighted by molar-refractivity contribution is 5.71. The van der Waals surface area contributed by atoms with Crippen LogP contribution in [0.4, 0.5) is 0 Å². The summed E-state index contributed by atoms with van der Waals surface area (Å²) in [6.07, 6.45) is 6.26. The van der Waals surface area contributed by atoms with E-state index >= 15 is 0 Å². The lowest BCUT2D eigenvalue weighted by atomic mass is 9.72. The van der Waals surface area contributed by atoms with Crippen LogP contribution >= 0.6 is 0 Å². The molecule has 2 aliphatic rings. The molecule has 1 aromatic carbocycles. The zero-order valence-electron chi connectivity index (χ0n) is 17.1. The number of hydrogen-bond acceptors (Lipinski definition) is 4. The third-order valence-electron chi connectivity index (χ3n) is 6.46. The first-order chi connectivity index (χ1) is 14.0. The zero-order valence-corrected chi connectivity index (χ0v) is 17.1. The van der Waals surface area contributed by atoms with Gasteiger partial charge in [-0.1, -0.05) is 19.1 Å². The minimum Gasteiger partial charge on any atom is -0.493 e. The summed E-state index contributed by atoms with van der Waals surface area (Å²) in [5.41, 5.74) is 2.38. The van der Waals surface area contributed by atoms with Gasteiger partial charge in [0, 0.05) is 12.3 Å². The van der Waals surface area contributed by atoms with E-state index in [4.69, 9.17) is 9.47 Å². The molecule has 4 rings (SSSR count). The van der Waals surface area contributed by atoms with E-state index in [1.165, 1.54) is 5.56 Å². The fourth-order valence-corrected chi connectivity index (χ4v) is 4.54. The quantitative estimate of drug-likeness (QED) is 0.655. The number of rotatable bonds is 9. The maximum Gasteiger partial charge on any atom is 0.306 e. The molecule has 2 aromatic rings. The first-order valence-corrected chi connectivity index (χ1v) is 10.5. The molecule has 2 saturated carbocycles. The van der Waals surface area contributed by atoms with Gasteiger partial charge in [0.2, 0.25) is 5.88 Å². The molecule has 0 saturated heterocycles. The minimum atomic E-state index is -0.721. The molecule has 0 aliphatic heterocycles. The van der Waals surface area contributed by atoms with Crippen LogP contribution in [0.25, 0.3) is 0 Å². The van der Waals surface area contributed by atoms with Crippen molar-refractivity contribution < 1.29 is 19.4 Å². The van der Waals surface area contributed by atoms with E-state index in [1.807, 2.05) is 37.3 Å². The summed E-state index contributed by atoms with van der Waals surface area (Å²) >= 11 is 0. The van der Waals surface area contributed by atoms with Crippen molar-refractivity contribution in [3.8, 4) is 11.6 Å². The van der Waals surface area contributed by atoms with Gasteiger partial charge in [-0.15, -0.1) is 0 Å². The van der Waals surface area contributed by atoms with Crippen LogP contribution in [0.3, 0.4) is 0 Å². The Hall–Kier alpha value is -2.56. The molecule has 29 heavy (non-hydrogen) atoms. The van der Waals surface area contributed by atoms with Crippen LogP contribution in [-0.2, 0) is 4.79 Å². The molecule has 0 radical (unpaired) electrons. The van der Waals surface area contributed by atoms with Crippen molar-refractivity contribution in [3.63, 3.8) is 0 Å². The average molecular weight is 395 g/mol. The van der Waals surface area contributed by atoms with Crippen LogP contribution in [0.1, 0.15) is 55.6 Å². The van der Waals surface area contributed by atoms with E-state index in [1.54, 1.807) is 13.3 Å². The SMILES string of the molecule is COc1cc(C2CC(COc3cccc(C(C4CC4)C(C)C(=O)O)c3)C2)ccn1. The molecular formula is C24H29NO4. The Morgan fingerprint density at radius 2 is 2.03 bits per heavy atom. The molecule has 2 aliphatic carbocycles. The number of carboxylic acid groups (broad SMARTS) is 1. The van der Waals surface area contributed by atoms with E-state index in [-0.39, 0.29) is 11.8 Å². The highest BCUT2D eigenvalue weighted by Crippen LogP contribution is 2.47. The Bertz CT molecular complexity index is 857. The van der Waals surface area contributed by atoms with Gasteiger partial charge in [-0.3, -0.25) is 4.79 Å². The number of benzene rings is 1. The number of aliphatic carboxylic acids is 1. The second-order valence-corrected chi connectivity index (χ2v) is 8.54. The van der Waals surface area contributed by atoms with E-state index in [2.05, 4.69) is 11.1 Å². The minimum absolute atomic E-state index is 0.0748. The fourth-order valence-electron chi connectivity index (χ4n) is 4.54. The highest BCUT2D eigenvalue weighted by Gasteiger charge is 2.38. The number of pyridine rings is 1. The van der Waals surface area contributed by atoms with Gasteiger partial charge < -0.3 is 14.6 Å². The van der Waals surface area contributed by atoms with Crippen molar-refractivity contribution in [2.45, 2.75) is 44.4 Å². The van der Waals surface area contributed by atoms with Gasteiger partial charge in [-0.25, -0.2) is 4.98 Å². The molecule has 0 spiro atoms. The molecule has 2 unspecified atom stereocenters. The molecule has 5 heteroatoms. The molecule has 2 fully saturated rings. The Balaban J connectivity index is 1.33. The van der Waals surface area contributed by atoms with Crippen LogP contribution in [-0.4, -0.2) is 29.8 Å². The number of carboxylic acids is 1. The topological polar surface area (TPSA) is 68.7 Å². The number of carbonyl (C=O) groups is 1. The van der Waals surface area contributed by atoms with E-state index in [9.17, 15) is 9.90 Å². The Kier molecular flexibility index (Phi) is 5.74. The lowest BCUT2D eigenvalue weighted by Crippen LogP contribution is -2.27. The number of ether oxygens (including phenoxy) is 2. The monoisotopic (exact) mass is 395 g/mol. The standard InChI is InChI=1S/C24H29NO4/c1-15(24(26)27)23(17-6-7-17)19-4-3-5-21(12-19)29-14-16-10-20(11-16)18-8-9-25-22(13-18)28-2/h3-5,8-9,12-13,15-17,20,23H,6-7,10-11,14H2,1-2H3,(H,26,27). The Morgan fingerprint density at radius 1 is 1.24 bits per heavy atom. The maximum atomic E-state index is 11.5. The van der Waals surface area contributed by atoms with Crippen molar-refractivity contribution >= 4 is 5.97 Å². The van der Waals surface area contributed by atoms with E-state index in [0.717, 1.165) is 37.0 Å². The molecule has 1 heterocycles. The predicted molar refractivity (Wildman–Crippen MR) is 110 cm³/mol. The summed E-state index contributed by atoms with van der Waals surface area (Å²) in [7, 11) is 1.64. The summed E-state index contributed by atoms with van der Waals surface area (Å²) in [6, 6.07) is 12.1. The van der Waals surface area contributed by atoms with Gasteiger partial charge in [0.15, 0.2) is 0 Å². The molecule has 154 valence electrons. The van der Waals surface area contributed by atoms with Gasteiger partial charge in [0.25, 0.3) is 0 Å².